The average molecular weight is 529 g/mol. The molecule has 0 aromatic heterocycles. The van der Waals surface area contributed by atoms with Gasteiger partial charge in [0.25, 0.3) is 0 Å². The maximum absolute atomic E-state index is 13.4. The first-order valence-electron chi connectivity index (χ1n) is 11.7. The molecular formula is C26H32N4O6S. The Bertz CT molecular complexity index is 1160. The van der Waals surface area contributed by atoms with E-state index < -0.39 is 40.9 Å². The molecule has 1 saturated heterocycles. The average Bonchev–Trinajstić information content (AvgIpc) is 3.27. The Balaban J connectivity index is 1.75. The fourth-order valence-electron chi connectivity index (χ4n) is 3.71. The largest absolute Gasteiger partial charge is 0.478 e. The molecule has 3 amide bonds. The van der Waals surface area contributed by atoms with Gasteiger partial charge in [0.2, 0.25) is 5.91 Å². The van der Waals surface area contributed by atoms with Crippen LogP contribution in [0.3, 0.4) is 0 Å². The SMILES string of the molecule is CN(C)c1ccc([C@H]2SC[C@@H](C(=O)OC(C)(C)C)N2C(=O)CNC(=O)Nc2cccc(C(=O)O)c2)cc1. The predicted molar refractivity (Wildman–Crippen MR) is 143 cm³/mol. The number of ether oxygens (including phenoxy) is 1. The molecule has 2 aromatic carbocycles. The van der Waals surface area contributed by atoms with Crippen molar-refractivity contribution in [3.63, 3.8) is 0 Å². The number of amides is 3. The smallest absolute Gasteiger partial charge is 0.335 e. The van der Waals surface area contributed by atoms with E-state index in [4.69, 9.17) is 9.84 Å². The number of urea groups is 1. The van der Waals surface area contributed by atoms with Gasteiger partial charge in [0.1, 0.15) is 17.0 Å². The summed E-state index contributed by atoms with van der Waals surface area (Å²) in [6.07, 6.45) is 0. The summed E-state index contributed by atoms with van der Waals surface area (Å²) >= 11 is 1.46. The zero-order valence-electron chi connectivity index (χ0n) is 21.5. The summed E-state index contributed by atoms with van der Waals surface area (Å²) in [5.74, 6) is -1.72. The summed E-state index contributed by atoms with van der Waals surface area (Å²) in [6.45, 7) is 4.93. The van der Waals surface area contributed by atoms with Crippen LogP contribution in [0.5, 0.6) is 0 Å². The van der Waals surface area contributed by atoms with Crippen LogP contribution in [0.4, 0.5) is 16.2 Å². The molecule has 1 heterocycles. The normalized spacial score (nSPS) is 17.2. The minimum Gasteiger partial charge on any atom is -0.478 e. The van der Waals surface area contributed by atoms with Gasteiger partial charge < -0.3 is 30.3 Å². The monoisotopic (exact) mass is 528 g/mol. The number of thioether (sulfide) groups is 1. The molecular weight excluding hydrogens is 496 g/mol. The third-order valence-electron chi connectivity index (χ3n) is 5.43. The number of carboxylic acids is 1. The Morgan fingerprint density at radius 3 is 2.38 bits per heavy atom. The highest BCUT2D eigenvalue weighted by molar-refractivity contribution is 7.99. The lowest BCUT2D eigenvalue weighted by Gasteiger charge is -2.31. The second kappa shape index (κ2) is 11.5. The molecule has 0 saturated carbocycles. The van der Waals surface area contributed by atoms with Gasteiger partial charge in [0, 0.05) is 31.2 Å². The molecule has 198 valence electrons. The van der Waals surface area contributed by atoms with E-state index >= 15 is 0 Å². The first-order chi connectivity index (χ1) is 17.4. The number of anilines is 2. The quantitative estimate of drug-likeness (QED) is 0.466. The van der Waals surface area contributed by atoms with Gasteiger partial charge in [-0.15, -0.1) is 11.8 Å². The van der Waals surface area contributed by atoms with E-state index in [1.807, 2.05) is 43.3 Å². The number of aromatic carboxylic acids is 1. The third kappa shape index (κ3) is 7.39. The third-order valence-corrected chi connectivity index (χ3v) is 6.75. The molecule has 1 aliphatic heterocycles. The summed E-state index contributed by atoms with van der Waals surface area (Å²) in [6, 6.07) is 12.0. The van der Waals surface area contributed by atoms with Crippen molar-refractivity contribution < 1.29 is 29.0 Å². The summed E-state index contributed by atoms with van der Waals surface area (Å²) in [4.78, 5) is 53.4. The van der Waals surface area contributed by atoms with Gasteiger partial charge in [-0.2, -0.15) is 0 Å². The number of nitrogens with one attached hydrogen (secondary N) is 2. The second-order valence-electron chi connectivity index (χ2n) is 9.72. The number of carbonyl (C=O) groups excluding carboxylic acids is 3. The van der Waals surface area contributed by atoms with Crippen LogP contribution in [0.1, 0.15) is 42.1 Å². The Morgan fingerprint density at radius 1 is 1.11 bits per heavy atom. The highest BCUT2D eigenvalue weighted by Gasteiger charge is 2.44. The fraction of sp³-hybridized carbons (Fsp3) is 0.385. The highest BCUT2D eigenvalue weighted by Crippen LogP contribution is 2.42. The van der Waals surface area contributed by atoms with Crippen molar-refractivity contribution >= 4 is 47.0 Å². The summed E-state index contributed by atoms with van der Waals surface area (Å²) in [7, 11) is 3.87. The molecule has 0 aliphatic carbocycles. The van der Waals surface area contributed by atoms with E-state index in [0.29, 0.717) is 5.75 Å². The number of benzene rings is 2. The second-order valence-corrected chi connectivity index (χ2v) is 10.8. The molecule has 3 rings (SSSR count). The van der Waals surface area contributed by atoms with Crippen molar-refractivity contribution in [3.05, 3.63) is 59.7 Å². The van der Waals surface area contributed by atoms with Crippen molar-refractivity contribution in [2.24, 2.45) is 0 Å². The Labute approximate surface area is 220 Å². The maximum atomic E-state index is 13.4. The Hall–Kier alpha value is -3.73. The minimum absolute atomic E-state index is 0.0197. The van der Waals surface area contributed by atoms with Crippen LogP contribution < -0.4 is 15.5 Å². The van der Waals surface area contributed by atoms with Gasteiger partial charge in [-0.25, -0.2) is 14.4 Å². The maximum Gasteiger partial charge on any atom is 0.335 e. The van der Waals surface area contributed by atoms with Crippen molar-refractivity contribution in [3.8, 4) is 0 Å². The highest BCUT2D eigenvalue weighted by atomic mass is 32.2. The fourth-order valence-corrected chi connectivity index (χ4v) is 5.14. The summed E-state index contributed by atoms with van der Waals surface area (Å²) in [5, 5.41) is 13.7. The number of hydrogen-bond acceptors (Lipinski definition) is 7. The minimum atomic E-state index is -1.12. The topological polar surface area (TPSA) is 128 Å². The van der Waals surface area contributed by atoms with Crippen LogP contribution in [-0.4, -0.2) is 71.9 Å². The molecule has 2 aromatic rings. The lowest BCUT2D eigenvalue weighted by atomic mass is 10.1. The van der Waals surface area contributed by atoms with Gasteiger partial charge in [0.15, 0.2) is 0 Å². The standard InChI is InChI=1S/C26H32N4O6S/c1-26(2,3)36-24(34)20-15-37-22(16-9-11-19(12-10-16)29(4)5)30(20)21(31)14-27-25(35)28-18-8-6-7-17(13-18)23(32)33/h6-13,20,22H,14-15H2,1-5H3,(H,32,33)(H2,27,28,35)/t20-,22+/m0/s1. The van der Waals surface area contributed by atoms with Gasteiger partial charge in [-0.1, -0.05) is 18.2 Å². The molecule has 1 fully saturated rings. The van der Waals surface area contributed by atoms with E-state index in [-0.39, 0.29) is 17.8 Å². The molecule has 11 heteroatoms. The van der Waals surface area contributed by atoms with E-state index in [1.54, 1.807) is 20.8 Å². The van der Waals surface area contributed by atoms with Crippen LogP contribution in [0.15, 0.2) is 48.5 Å². The summed E-state index contributed by atoms with van der Waals surface area (Å²) in [5.41, 5.74) is 1.42. The lowest BCUT2D eigenvalue weighted by Crippen LogP contribution is -2.49. The van der Waals surface area contributed by atoms with Crippen molar-refractivity contribution in [1.29, 1.82) is 0 Å². The Morgan fingerprint density at radius 2 is 1.78 bits per heavy atom. The number of nitrogens with zero attached hydrogens (tertiary/aromatic N) is 2. The first-order valence-corrected chi connectivity index (χ1v) is 12.7. The molecule has 0 unspecified atom stereocenters. The molecule has 1 aliphatic rings. The van der Waals surface area contributed by atoms with Crippen LogP contribution in [-0.2, 0) is 14.3 Å². The van der Waals surface area contributed by atoms with E-state index in [9.17, 15) is 19.2 Å². The van der Waals surface area contributed by atoms with Crippen LogP contribution >= 0.6 is 11.8 Å². The first kappa shape index (κ1) is 27.9. The van der Waals surface area contributed by atoms with Gasteiger partial charge in [-0.3, -0.25) is 4.79 Å². The molecule has 0 radical (unpaired) electrons. The van der Waals surface area contributed by atoms with Crippen LogP contribution in [0.25, 0.3) is 0 Å². The Kier molecular flexibility index (Phi) is 8.69. The molecule has 37 heavy (non-hydrogen) atoms. The molecule has 2 atom stereocenters. The van der Waals surface area contributed by atoms with E-state index in [1.165, 1.54) is 40.9 Å². The van der Waals surface area contributed by atoms with Gasteiger partial charge in [0.05, 0.1) is 12.1 Å². The number of carbonyl (C=O) groups is 4. The van der Waals surface area contributed by atoms with Crippen LogP contribution in [0.2, 0.25) is 0 Å². The molecule has 0 bridgehead atoms. The molecule has 0 spiro atoms. The van der Waals surface area contributed by atoms with E-state index in [2.05, 4.69) is 10.6 Å². The van der Waals surface area contributed by atoms with Crippen molar-refractivity contribution in [1.82, 2.24) is 10.2 Å². The summed E-state index contributed by atoms with van der Waals surface area (Å²) < 4.78 is 5.57. The zero-order chi connectivity index (χ0) is 27.3. The van der Waals surface area contributed by atoms with Gasteiger partial charge >= 0.3 is 18.0 Å². The predicted octanol–water partition coefficient (Wildman–Crippen LogP) is 3.56. The number of carboxylic acid groups (broad SMARTS) is 1. The van der Waals surface area contributed by atoms with Crippen molar-refractivity contribution in [2.75, 3.05) is 36.6 Å². The van der Waals surface area contributed by atoms with Crippen LogP contribution in [0, 0.1) is 0 Å². The zero-order valence-corrected chi connectivity index (χ0v) is 22.3. The number of rotatable bonds is 7. The van der Waals surface area contributed by atoms with Gasteiger partial charge in [-0.05, 0) is 56.7 Å². The lowest BCUT2D eigenvalue weighted by molar-refractivity contribution is -0.163. The van der Waals surface area contributed by atoms with E-state index in [0.717, 1.165) is 11.3 Å². The van der Waals surface area contributed by atoms with Crippen molar-refractivity contribution in [2.45, 2.75) is 37.8 Å². The number of hydrogen-bond donors (Lipinski definition) is 3. The molecule has 3 N–H and O–H groups in total. The molecule has 10 nitrogen and oxygen atoms in total. The number of esters is 1.